The van der Waals surface area contributed by atoms with Crippen molar-refractivity contribution in [2.75, 3.05) is 27.4 Å². The van der Waals surface area contributed by atoms with Crippen LogP contribution in [0.1, 0.15) is 40.4 Å². The van der Waals surface area contributed by atoms with E-state index in [4.69, 9.17) is 14.2 Å². The molecular weight excluding hydrogens is 358 g/mol. The number of rotatable bonds is 6. The minimum absolute atomic E-state index is 0.130. The smallest absolute Gasteiger partial charge is 0.338 e. The number of methoxy groups -OCH3 is 2. The Morgan fingerprint density at radius 1 is 1.11 bits per heavy atom. The first-order valence-electron chi connectivity index (χ1n) is 9.29. The highest BCUT2D eigenvalue weighted by Gasteiger charge is 2.32. The summed E-state index contributed by atoms with van der Waals surface area (Å²) in [6, 6.07) is 12.6. The van der Waals surface area contributed by atoms with Gasteiger partial charge >= 0.3 is 5.97 Å². The van der Waals surface area contributed by atoms with Crippen LogP contribution in [-0.2, 0) is 9.53 Å². The number of carbonyl (C=O) groups excluding carboxylic acids is 2. The molecule has 6 nitrogen and oxygen atoms in total. The molecule has 0 radical (unpaired) electrons. The van der Waals surface area contributed by atoms with Gasteiger partial charge in [-0.1, -0.05) is 18.2 Å². The Kier molecular flexibility index (Phi) is 6.19. The van der Waals surface area contributed by atoms with Crippen molar-refractivity contribution in [3.8, 4) is 11.5 Å². The Morgan fingerprint density at radius 2 is 1.89 bits per heavy atom. The van der Waals surface area contributed by atoms with Crippen molar-refractivity contribution in [3.05, 3.63) is 59.2 Å². The maximum absolute atomic E-state index is 12.8. The number of aryl methyl sites for hydroxylation is 1. The number of esters is 1. The van der Waals surface area contributed by atoms with Gasteiger partial charge in [0.05, 0.1) is 25.8 Å². The van der Waals surface area contributed by atoms with Crippen LogP contribution in [0, 0.1) is 6.92 Å². The molecule has 2 aromatic carbocycles. The van der Waals surface area contributed by atoms with Crippen LogP contribution in [0.25, 0.3) is 0 Å². The molecule has 3 rings (SSSR count). The summed E-state index contributed by atoms with van der Waals surface area (Å²) in [7, 11) is 3.21. The summed E-state index contributed by atoms with van der Waals surface area (Å²) < 4.78 is 16.1. The lowest BCUT2D eigenvalue weighted by molar-refractivity contribution is -0.135. The van der Waals surface area contributed by atoms with Gasteiger partial charge in [-0.2, -0.15) is 0 Å². The average molecular weight is 383 g/mol. The zero-order valence-corrected chi connectivity index (χ0v) is 16.4. The van der Waals surface area contributed by atoms with Gasteiger partial charge in [-0.3, -0.25) is 4.79 Å². The Balaban J connectivity index is 1.72. The third kappa shape index (κ3) is 4.11. The molecule has 28 heavy (non-hydrogen) atoms. The molecule has 1 atom stereocenters. The second kappa shape index (κ2) is 8.78. The molecule has 0 saturated carbocycles. The predicted octanol–water partition coefficient (Wildman–Crippen LogP) is 3.53. The largest absolute Gasteiger partial charge is 0.497 e. The zero-order valence-electron chi connectivity index (χ0n) is 16.4. The zero-order chi connectivity index (χ0) is 20.1. The minimum Gasteiger partial charge on any atom is -0.497 e. The molecule has 0 N–H and O–H groups in total. The van der Waals surface area contributed by atoms with Gasteiger partial charge in [-0.15, -0.1) is 0 Å². The lowest BCUT2D eigenvalue weighted by Gasteiger charge is -2.26. The van der Waals surface area contributed by atoms with Gasteiger partial charge in [0.1, 0.15) is 11.5 Å². The van der Waals surface area contributed by atoms with Crippen molar-refractivity contribution < 1.29 is 23.8 Å². The van der Waals surface area contributed by atoms with Crippen molar-refractivity contribution in [1.82, 2.24) is 4.90 Å². The molecular formula is C22H25NO5. The van der Waals surface area contributed by atoms with Gasteiger partial charge in [0.15, 0.2) is 6.61 Å². The molecule has 1 amide bonds. The van der Waals surface area contributed by atoms with Gasteiger partial charge in [-0.25, -0.2) is 4.79 Å². The van der Waals surface area contributed by atoms with Crippen LogP contribution in [0.5, 0.6) is 11.5 Å². The van der Waals surface area contributed by atoms with E-state index in [1.54, 1.807) is 31.3 Å². The van der Waals surface area contributed by atoms with Gasteiger partial charge in [0.25, 0.3) is 5.91 Å². The van der Waals surface area contributed by atoms with Gasteiger partial charge in [0, 0.05) is 12.1 Å². The molecule has 1 aliphatic rings. The summed E-state index contributed by atoms with van der Waals surface area (Å²) in [6.07, 6.45) is 1.70. The fourth-order valence-electron chi connectivity index (χ4n) is 3.58. The van der Waals surface area contributed by atoms with Gasteiger partial charge < -0.3 is 19.1 Å². The van der Waals surface area contributed by atoms with Crippen LogP contribution in [-0.4, -0.2) is 44.1 Å². The van der Waals surface area contributed by atoms with E-state index in [1.807, 2.05) is 37.3 Å². The second-order valence-corrected chi connectivity index (χ2v) is 6.74. The van der Waals surface area contributed by atoms with E-state index < -0.39 is 5.97 Å². The van der Waals surface area contributed by atoms with Crippen molar-refractivity contribution in [1.29, 1.82) is 0 Å². The molecule has 0 spiro atoms. The number of carbonyl (C=O) groups is 2. The number of likely N-dealkylation sites (tertiary alicyclic amines) is 1. The second-order valence-electron chi connectivity index (χ2n) is 6.74. The molecule has 2 aromatic rings. The van der Waals surface area contributed by atoms with E-state index in [0.717, 1.165) is 24.0 Å². The molecule has 1 saturated heterocycles. The fraction of sp³-hybridized carbons (Fsp3) is 0.364. The first-order valence-corrected chi connectivity index (χ1v) is 9.29. The Labute approximate surface area is 165 Å². The standard InChI is InChI=1S/C22H25NO5/c1-15-7-4-5-8-17(15)22(25)28-14-21(24)23-12-6-9-19(23)18-13-16(26-2)10-11-20(18)27-3/h4-5,7-8,10-11,13,19H,6,9,12,14H2,1-3H3/t19-/m0/s1. The highest BCUT2D eigenvalue weighted by molar-refractivity contribution is 5.92. The van der Waals surface area contributed by atoms with E-state index in [9.17, 15) is 9.59 Å². The third-order valence-corrected chi connectivity index (χ3v) is 5.06. The summed E-state index contributed by atoms with van der Waals surface area (Å²) in [5, 5.41) is 0. The summed E-state index contributed by atoms with van der Waals surface area (Å²) in [5.74, 6) is 0.721. The lowest BCUT2D eigenvalue weighted by Crippen LogP contribution is -2.34. The van der Waals surface area contributed by atoms with E-state index in [0.29, 0.717) is 23.6 Å². The average Bonchev–Trinajstić information content (AvgIpc) is 3.21. The molecule has 0 bridgehead atoms. The molecule has 0 aromatic heterocycles. The third-order valence-electron chi connectivity index (χ3n) is 5.06. The first-order chi connectivity index (χ1) is 13.5. The number of benzene rings is 2. The first kappa shape index (κ1) is 19.7. The van der Waals surface area contributed by atoms with Crippen molar-refractivity contribution in [3.63, 3.8) is 0 Å². The molecule has 0 unspecified atom stereocenters. The monoisotopic (exact) mass is 383 g/mol. The number of ether oxygens (including phenoxy) is 3. The van der Waals surface area contributed by atoms with Crippen molar-refractivity contribution in [2.45, 2.75) is 25.8 Å². The maximum atomic E-state index is 12.8. The van der Waals surface area contributed by atoms with Crippen molar-refractivity contribution >= 4 is 11.9 Å². The predicted molar refractivity (Wildman–Crippen MR) is 105 cm³/mol. The molecule has 148 valence electrons. The van der Waals surface area contributed by atoms with Crippen LogP contribution < -0.4 is 9.47 Å². The number of nitrogens with zero attached hydrogens (tertiary/aromatic N) is 1. The summed E-state index contributed by atoms with van der Waals surface area (Å²) in [5.41, 5.74) is 2.20. The molecule has 6 heteroatoms. The van der Waals surface area contributed by atoms with E-state index in [2.05, 4.69) is 0 Å². The van der Waals surface area contributed by atoms with Gasteiger partial charge in [-0.05, 0) is 49.6 Å². The Hall–Kier alpha value is -3.02. The Morgan fingerprint density at radius 3 is 2.61 bits per heavy atom. The number of amides is 1. The molecule has 0 aliphatic carbocycles. The van der Waals surface area contributed by atoms with Gasteiger partial charge in [0.2, 0.25) is 0 Å². The van der Waals surface area contributed by atoms with E-state index >= 15 is 0 Å². The minimum atomic E-state index is -0.485. The number of hydrogen-bond acceptors (Lipinski definition) is 5. The fourth-order valence-corrected chi connectivity index (χ4v) is 3.58. The van der Waals surface area contributed by atoms with Crippen molar-refractivity contribution in [2.24, 2.45) is 0 Å². The highest BCUT2D eigenvalue weighted by atomic mass is 16.5. The summed E-state index contributed by atoms with van der Waals surface area (Å²) in [6.45, 7) is 2.17. The van der Waals surface area contributed by atoms with E-state index in [1.165, 1.54) is 0 Å². The lowest BCUT2D eigenvalue weighted by atomic mass is 10.0. The van der Waals surface area contributed by atoms with Crippen LogP contribution in [0.15, 0.2) is 42.5 Å². The van der Waals surface area contributed by atoms with Crippen LogP contribution in [0.3, 0.4) is 0 Å². The number of hydrogen-bond donors (Lipinski definition) is 0. The van der Waals surface area contributed by atoms with E-state index in [-0.39, 0.29) is 18.6 Å². The SMILES string of the molecule is COc1ccc(OC)c([C@@H]2CCCN2C(=O)COC(=O)c2ccccc2C)c1. The quantitative estimate of drug-likeness (QED) is 0.714. The highest BCUT2D eigenvalue weighted by Crippen LogP contribution is 2.38. The molecule has 1 heterocycles. The maximum Gasteiger partial charge on any atom is 0.338 e. The summed E-state index contributed by atoms with van der Waals surface area (Å²) >= 11 is 0. The normalized spacial score (nSPS) is 16.0. The van der Waals surface area contributed by atoms with Crippen LogP contribution in [0.4, 0.5) is 0 Å². The van der Waals surface area contributed by atoms with Crippen LogP contribution in [0.2, 0.25) is 0 Å². The molecule has 1 fully saturated rings. The topological polar surface area (TPSA) is 65.1 Å². The Bertz CT molecular complexity index is 864. The van der Waals surface area contributed by atoms with Crippen LogP contribution >= 0.6 is 0 Å². The summed E-state index contributed by atoms with van der Waals surface area (Å²) in [4.78, 5) is 26.8. The molecule has 1 aliphatic heterocycles.